The SMILES string of the molecule is O=C(Nc1ccc(CC(=O)N2CC[C@H](O)[C@@]3(CCCNC3=O)C2)cc1)C1CC1. The molecule has 0 radical (unpaired) electrons. The summed E-state index contributed by atoms with van der Waals surface area (Å²) < 4.78 is 0. The van der Waals surface area contributed by atoms with E-state index in [-0.39, 0.29) is 36.6 Å². The second kappa shape index (κ2) is 7.54. The molecule has 4 rings (SSSR count). The van der Waals surface area contributed by atoms with Crippen molar-refractivity contribution in [1.82, 2.24) is 10.2 Å². The van der Waals surface area contributed by atoms with Crippen LogP contribution >= 0.6 is 0 Å². The molecule has 0 bridgehead atoms. The Hall–Kier alpha value is -2.41. The van der Waals surface area contributed by atoms with Gasteiger partial charge in [-0.1, -0.05) is 12.1 Å². The number of benzene rings is 1. The number of anilines is 1. The highest BCUT2D eigenvalue weighted by Gasteiger charge is 2.50. The smallest absolute Gasteiger partial charge is 0.230 e. The second-order valence-corrected chi connectivity index (χ2v) is 8.27. The van der Waals surface area contributed by atoms with Crippen LogP contribution in [0.5, 0.6) is 0 Å². The zero-order valence-corrected chi connectivity index (χ0v) is 15.9. The summed E-state index contributed by atoms with van der Waals surface area (Å²) in [7, 11) is 0. The van der Waals surface area contributed by atoms with Crippen LogP contribution in [0.3, 0.4) is 0 Å². The minimum absolute atomic E-state index is 0.0422. The van der Waals surface area contributed by atoms with Crippen molar-refractivity contribution in [2.45, 2.75) is 44.6 Å². The fourth-order valence-corrected chi connectivity index (χ4v) is 4.24. The Bertz CT molecular complexity index is 774. The lowest BCUT2D eigenvalue weighted by Gasteiger charge is -2.46. The molecule has 0 unspecified atom stereocenters. The van der Waals surface area contributed by atoms with Crippen molar-refractivity contribution >= 4 is 23.4 Å². The van der Waals surface area contributed by atoms with Crippen molar-refractivity contribution in [3.8, 4) is 0 Å². The van der Waals surface area contributed by atoms with Gasteiger partial charge in [0, 0.05) is 31.2 Å². The summed E-state index contributed by atoms with van der Waals surface area (Å²) in [6.45, 7) is 1.36. The molecule has 28 heavy (non-hydrogen) atoms. The summed E-state index contributed by atoms with van der Waals surface area (Å²) >= 11 is 0. The highest BCUT2D eigenvalue weighted by molar-refractivity contribution is 5.94. The number of carbonyl (C=O) groups excluding carboxylic acids is 3. The van der Waals surface area contributed by atoms with Crippen molar-refractivity contribution in [3.63, 3.8) is 0 Å². The number of likely N-dealkylation sites (tertiary alicyclic amines) is 1. The first-order chi connectivity index (χ1) is 13.5. The average molecular weight is 385 g/mol. The molecule has 2 atom stereocenters. The van der Waals surface area contributed by atoms with E-state index in [2.05, 4.69) is 10.6 Å². The van der Waals surface area contributed by atoms with Gasteiger partial charge < -0.3 is 20.6 Å². The molecule has 1 aliphatic carbocycles. The molecule has 3 aliphatic rings. The van der Waals surface area contributed by atoms with Gasteiger partial charge in [-0.05, 0) is 49.8 Å². The lowest BCUT2D eigenvalue weighted by atomic mass is 9.71. The van der Waals surface area contributed by atoms with E-state index in [0.717, 1.165) is 30.5 Å². The second-order valence-electron chi connectivity index (χ2n) is 8.27. The van der Waals surface area contributed by atoms with Crippen LogP contribution in [0.15, 0.2) is 24.3 Å². The molecule has 1 saturated carbocycles. The molecule has 1 aromatic carbocycles. The fourth-order valence-electron chi connectivity index (χ4n) is 4.24. The number of piperidine rings is 2. The van der Waals surface area contributed by atoms with Crippen molar-refractivity contribution in [2.24, 2.45) is 11.3 Å². The molecule has 3 amide bonds. The van der Waals surface area contributed by atoms with Crippen LogP contribution in [0.2, 0.25) is 0 Å². The van der Waals surface area contributed by atoms with Gasteiger partial charge in [0.1, 0.15) is 0 Å². The maximum absolute atomic E-state index is 12.8. The Balaban J connectivity index is 1.37. The predicted molar refractivity (Wildman–Crippen MR) is 103 cm³/mol. The van der Waals surface area contributed by atoms with Gasteiger partial charge in [-0.2, -0.15) is 0 Å². The number of hydrogen-bond acceptors (Lipinski definition) is 4. The predicted octanol–water partition coefficient (Wildman–Crippen LogP) is 1.07. The van der Waals surface area contributed by atoms with E-state index in [1.807, 2.05) is 24.3 Å². The van der Waals surface area contributed by atoms with Crippen LogP contribution < -0.4 is 10.6 Å². The number of hydrogen-bond donors (Lipinski definition) is 3. The first kappa shape index (κ1) is 18.9. The van der Waals surface area contributed by atoms with Gasteiger partial charge in [-0.15, -0.1) is 0 Å². The summed E-state index contributed by atoms with van der Waals surface area (Å²) in [6, 6.07) is 7.34. The summed E-state index contributed by atoms with van der Waals surface area (Å²) in [5.41, 5.74) is 0.734. The molecule has 0 aromatic heterocycles. The third-order valence-corrected chi connectivity index (χ3v) is 6.20. The molecule has 3 N–H and O–H groups in total. The third kappa shape index (κ3) is 3.76. The molecule has 1 spiro atoms. The normalized spacial score (nSPS) is 27.4. The Morgan fingerprint density at radius 1 is 1.21 bits per heavy atom. The summed E-state index contributed by atoms with van der Waals surface area (Å²) in [5.74, 6) is 0.0330. The zero-order valence-electron chi connectivity index (χ0n) is 15.9. The molecule has 3 fully saturated rings. The highest BCUT2D eigenvalue weighted by atomic mass is 16.3. The monoisotopic (exact) mass is 385 g/mol. The van der Waals surface area contributed by atoms with E-state index in [1.165, 1.54) is 0 Å². The Labute approximate surface area is 164 Å². The van der Waals surface area contributed by atoms with E-state index in [1.54, 1.807) is 4.90 Å². The minimum Gasteiger partial charge on any atom is -0.392 e. The maximum Gasteiger partial charge on any atom is 0.230 e. The van der Waals surface area contributed by atoms with Crippen molar-refractivity contribution in [1.29, 1.82) is 0 Å². The summed E-state index contributed by atoms with van der Waals surface area (Å²) in [6.07, 6.45) is 3.31. The number of rotatable bonds is 4. The summed E-state index contributed by atoms with van der Waals surface area (Å²) in [5, 5.41) is 16.2. The van der Waals surface area contributed by atoms with Crippen LogP contribution in [0.25, 0.3) is 0 Å². The lowest BCUT2D eigenvalue weighted by Crippen LogP contribution is -2.62. The number of carbonyl (C=O) groups is 3. The van der Waals surface area contributed by atoms with Gasteiger partial charge in [0.2, 0.25) is 17.7 Å². The number of aliphatic hydroxyl groups excluding tert-OH is 1. The van der Waals surface area contributed by atoms with Crippen LogP contribution in [0, 0.1) is 11.3 Å². The quantitative estimate of drug-likeness (QED) is 0.722. The number of amides is 3. The molecule has 2 aliphatic heterocycles. The molecule has 7 nitrogen and oxygen atoms in total. The van der Waals surface area contributed by atoms with Crippen LogP contribution in [0.4, 0.5) is 5.69 Å². The lowest BCUT2D eigenvalue weighted by molar-refractivity contribution is -0.154. The van der Waals surface area contributed by atoms with E-state index >= 15 is 0 Å². The Morgan fingerprint density at radius 3 is 2.64 bits per heavy atom. The van der Waals surface area contributed by atoms with E-state index in [9.17, 15) is 19.5 Å². The first-order valence-electron chi connectivity index (χ1n) is 10.1. The first-order valence-corrected chi connectivity index (χ1v) is 10.1. The van der Waals surface area contributed by atoms with Crippen molar-refractivity contribution in [3.05, 3.63) is 29.8 Å². The van der Waals surface area contributed by atoms with E-state index < -0.39 is 11.5 Å². The van der Waals surface area contributed by atoms with E-state index in [4.69, 9.17) is 0 Å². The van der Waals surface area contributed by atoms with Crippen molar-refractivity contribution < 1.29 is 19.5 Å². The summed E-state index contributed by atoms with van der Waals surface area (Å²) in [4.78, 5) is 38.8. The molecule has 150 valence electrons. The van der Waals surface area contributed by atoms with Crippen LogP contribution in [0.1, 0.15) is 37.7 Å². The highest BCUT2D eigenvalue weighted by Crippen LogP contribution is 2.37. The molecule has 7 heteroatoms. The van der Waals surface area contributed by atoms with Gasteiger partial charge in [-0.3, -0.25) is 14.4 Å². The third-order valence-electron chi connectivity index (χ3n) is 6.20. The fraction of sp³-hybridized carbons (Fsp3) is 0.571. The molecular weight excluding hydrogens is 358 g/mol. The van der Waals surface area contributed by atoms with Gasteiger partial charge in [0.15, 0.2) is 0 Å². The van der Waals surface area contributed by atoms with Gasteiger partial charge >= 0.3 is 0 Å². The average Bonchev–Trinajstić information content (AvgIpc) is 3.53. The number of aliphatic hydroxyl groups is 1. The van der Waals surface area contributed by atoms with Gasteiger partial charge in [-0.25, -0.2) is 0 Å². The van der Waals surface area contributed by atoms with Crippen LogP contribution in [-0.4, -0.2) is 53.5 Å². The topological polar surface area (TPSA) is 98.7 Å². The largest absolute Gasteiger partial charge is 0.392 e. The van der Waals surface area contributed by atoms with Crippen LogP contribution in [-0.2, 0) is 20.8 Å². The van der Waals surface area contributed by atoms with Gasteiger partial charge in [0.05, 0.1) is 17.9 Å². The number of nitrogens with zero attached hydrogens (tertiary/aromatic N) is 1. The van der Waals surface area contributed by atoms with Crippen molar-refractivity contribution in [2.75, 3.05) is 25.0 Å². The molecular formula is C21H27N3O4. The Kier molecular flexibility index (Phi) is 5.10. The minimum atomic E-state index is -0.872. The standard InChI is InChI=1S/C21H27N3O4/c25-17-8-11-24(13-21(17)9-1-10-22-20(21)28)18(26)12-14-2-6-16(7-3-14)23-19(27)15-4-5-15/h2-3,6-7,15,17,25H,1,4-5,8-13H2,(H,22,28)(H,23,27)/t17-,21+/m0/s1. The molecule has 1 aromatic rings. The maximum atomic E-state index is 12.8. The molecule has 2 saturated heterocycles. The van der Waals surface area contributed by atoms with E-state index in [0.29, 0.717) is 25.9 Å². The van der Waals surface area contributed by atoms with Gasteiger partial charge in [0.25, 0.3) is 0 Å². The molecule has 2 heterocycles. The Morgan fingerprint density at radius 2 is 1.96 bits per heavy atom. The number of nitrogens with one attached hydrogen (secondary N) is 2. The zero-order chi connectivity index (χ0) is 19.7.